The number of aromatic nitrogens is 2. The molecule has 1 heterocycles. The number of hydrazone groups is 1. The number of hydrogen-bond acceptors (Lipinski definition) is 5. The summed E-state index contributed by atoms with van der Waals surface area (Å²) in [4.78, 5) is 12.2. The second kappa shape index (κ2) is 8.77. The zero-order chi connectivity index (χ0) is 20.1. The van der Waals surface area contributed by atoms with Gasteiger partial charge in [-0.3, -0.25) is 9.89 Å². The minimum Gasteiger partial charge on any atom is -0.493 e. The van der Waals surface area contributed by atoms with Crippen LogP contribution in [0.15, 0.2) is 47.6 Å². The third-order valence-electron chi connectivity index (χ3n) is 3.83. The zero-order valence-corrected chi connectivity index (χ0v) is 16.5. The van der Waals surface area contributed by atoms with Gasteiger partial charge in [0.1, 0.15) is 5.69 Å². The lowest BCUT2D eigenvalue weighted by molar-refractivity contribution is 0.0950. The summed E-state index contributed by atoms with van der Waals surface area (Å²) in [6.45, 7) is 0. The van der Waals surface area contributed by atoms with E-state index in [4.69, 9.17) is 32.7 Å². The van der Waals surface area contributed by atoms with Crippen molar-refractivity contribution in [1.29, 1.82) is 0 Å². The first-order chi connectivity index (χ1) is 13.5. The third-order valence-corrected chi connectivity index (χ3v) is 4.40. The van der Waals surface area contributed by atoms with E-state index >= 15 is 0 Å². The number of aromatic amines is 1. The topological polar surface area (TPSA) is 88.6 Å². The minimum absolute atomic E-state index is 0.254. The van der Waals surface area contributed by atoms with Crippen LogP contribution in [0.4, 0.5) is 0 Å². The predicted molar refractivity (Wildman–Crippen MR) is 109 cm³/mol. The van der Waals surface area contributed by atoms with Gasteiger partial charge in [-0.1, -0.05) is 29.3 Å². The molecule has 1 amide bonds. The highest BCUT2D eigenvalue weighted by molar-refractivity contribution is 6.36. The molecule has 7 nitrogen and oxygen atoms in total. The summed E-state index contributed by atoms with van der Waals surface area (Å²) in [6, 6.07) is 11.9. The molecule has 28 heavy (non-hydrogen) atoms. The van der Waals surface area contributed by atoms with Crippen LogP contribution < -0.4 is 14.9 Å². The normalized spacial score (nSPS) is 10.9. The van der Waals surface area contributed by atoms with Gasteiger partial charge in [-0.15, -0.1) is 0 Å². The Hall–Kier alpha value is -3.03. The van der Waals surface area contributed by atoms with Crippen LogP contribution in [0.1, 0.15) is 16.1 Å². The van der Waals surface area contributed by atoms with Crippen molar-refractivity contribution in [3.8, 4) is 22.8 Å². The summed E-state index contributed by atoms with van der Waals surface area (Å²) >= 11 is 11.9. The predicted octanol–water partition coefficient (Wildman–Crippen LogP) is 4.16. The van der Waals surface area contributed by atoms with Crippen LogP contribution in [0.5, 0.6) is 11.5 Å². The van der Waals surface area contributed by atoms with Crippen molar-refractivity contribution < 1.29 is 14.3 Å². The number of rotatable bonds is 6. The van der Waals surface area contributed by atoms with E-state index in [0.717, 1.165) is 5.56 Å². The van der Waals surface area contributed by atoms with E-state index in [-0.39, 0.29) is 5.69 Å². The molecule has 0 spiro atoms. The summed E-state index contributed by atoms with van der Waals surface area (Å²) in [5.41, 5.74) is 4.65. The van der Waals surface area contributed by atoms with Crippen LogP contribution in [-0.2, 0) is 0 Å². The van der Waals surface area contributed by atoms with Crippen LogP contribution in [0.2, 0.25) is 10.0 Å². The van der Waals surface area contributed by atoms with Gasteiger partial charge in [0.05, 0.1) is 31.2 Å². The lowest BCUT2D eigenvalue weighted by Crippen LogP contribution is -2.18. The van der Waals surface area contributed by atoms with Gasteiger partial charge in [0.2, 0.25) is 0 Å². The molecule has 0 atom stereocenters. The monoisotopic (exact) mass is 418 g/mol. The molecule has 0 aliphatic carbocycles. The summed E-state index contributed by atoms with van der Waals surface area (Å²) < 4.78 is 10.5. The van der Waals surface area contributed by atoms with E-state index in [9.17, 15) is 4.79 Å². The fraction of sp³-hybridized carbons (Fsp3) is 0.105. The van der Waals surface area contributed by atoms with E-state index in [0.29, 0.717) is 32.8 Å². The first kappa shape index (κ1) is 19.7. The lowest BCUT2D eigenvalue weighted by Gasteiger charge is -2.08. The van der Waals surface area contributed by atoms with E-state index in [2.05, 4.69) is 20.7 Å². The number of carbonyl (C=O) groups is 1. The highest BCUT2D eigenvalue weighted by atomic mass is 35.5. The summed E-state index contributed by atoms with van der Waals surface area (Å²) in [5.74, 6) is 0.731. The molecule has 0 radical (unpaired) electrons. The Balaban J connectivity index is 1.71. The van der Waals surface area contributed by atoms with Crippen molar-refractivity contribution in [2.75, 3.05) is 14.2 Å². The Morgan fingerprint density at radius 1 is 1.11 bits per heavy atom. The van der Waals surface area contributed by atoms with Crippen molar-refractivity contribution in [2.24, 2.45) is 5.10 Å². The molecule has 1 aromatic heterocycles. The molecule has 0 saturated carbocycles. The maximum Gasteiger partial charge on any atom is 0.289 e. The van der Waals surface area contributed by atoms with Crippen LogP contribution in [0, 0.1) is 0 Å². The van der Waals surface area contributed by atoms with E-state index in [1.807, 2.05) is 6.07 Å². The highest BCUT2D eigenvalue weighted by Gasteiger charge is 2.12. The number of nitrogens with zero attached hydrogens (tertiary/aromatic N) is 2. The molecule has 144 valence electrons. The maximum atomic E-state index is 12.2. The number of benzene rings is 2. The zero-order valence-electron chi connectivity index (χ0n) is 15.0. The van der Waals surface area contributed by atoms with Gasteiger partial charge >= 0.3 is 0 Å². The fourth-order valence-electron chi connectivity index (χ4n) is 2.41. The molecule has 0 aliphatic rings. The molecule has 3 rings (SSSR count). The Labute approximate surface area is 171 Å². The number of amides is 1. The average molecular weight is 419 g/mol. The van der Waals surface area contributed by atoms with E-state index in [1.54, 1.807) is 50.6 Å². The fourth-order valence-corrected chi connectivity index (χ4v) is 2.87. The molecule has 2 aromatic carbocycles. The van der Waals surface area contributed by atoms with Crippen molar-refractivity contribution in [3.05, 3.63) is 63.8 Å². The van der Waals surface area contributed by atoms with Gasteiger partial charge in [0.25, 0.3) is 5.91 Å². The summed E-state index contributed by atoms with van der Waals surface area (Å²) in [5, 5.41) is 11.7. The van der Waals surface area contributed by atoms with Gasteiger partial charge in [0.15, 0.2) is 11.5 Å². The average Bonchev–Trinajstić information content (AvgIpc) is 3.19. The van der Waals surface area contributed by atoms with Crippen LogP contribution in [-0.4, -0.2) is 36.5 Å². The molecule has 3 aromatic rings. The van der Waals surface area contributed by atoms with Crippen molar-refractivity contribution >= 4 is 35.3 Å². The molecular weight excluding hydrogens is 403 g/mol. The molecule has 0 saturated heterocycles. The molecule has 0 bridgehead atoms. The number of hydrogen-bond donors (Lipinski definition) is 2. The highest BCUT2D eigenvalue weighted by Crippen LogP contribution is 2.31. The van der Waals surface area contributed by atoms with Gasteiger partial charge in [0, 0.05) is 16.1 Å². The molecule has 9 heteroatoms. The molecular formula is C19H16Cl2N4O3. The smallest absolute Gasteiger partial charge is 0.289 e. The van der Waals surface area contributed by atoms with Gasteiger partial charge in [-0.25, -0.2) is 5.43 Å². The second-order valence-electron chi connectivity index (χ2n) is 5.60. The van der Waals surface area contributed by atoms with Crippen molar-refractivity contribution in [3.63, 3.8) is 0 Å². The number of nitrogens with one attached hydrogen (secondary N) is 2. The molecule has 0 unspecified atom stereocenters. The SMILES string of the molecule is COc1ccc(-c2cc(C(=O)N/N=C\c3ccc(Cl)cc3Cl)[nH]n2)cc1OC. The van der Waals surface area contributed by atoms with Gasteiger partial charge in [-0.05, 0) is 36.4 Å². The molecule has 0 aliphatic heterocycles. The number of methoxy groups -OCH3 is 2. The van der Waals surface area contributed by atoms with Crippen molar-refractivity contribution in [2.45, 2.75) is 0 Å². The largest absolute Gasteiger partial charge is 0.493 e. The van der Waals surface area contributed by atoms with Crippen LogP contribution in [0.3, 0.4) is 0 Å². The molecule has 2 N–H and O–H groups in total. The summed E-state index contributed by atoms with van der Waals surface area (Å²) in [6.07, 6.45) is 1.43. The summed E-state index contributed by atoms with van der Waals surface area (Å²) in [7, 11) is 3.11. The number of ether oxygens (including phenoxy) is 2. The van der Waals surface area contributed by atoms with Crippen LogP contribution >= 0.6 is 23.2 Å². The van der Waals surface area contributed by atoms with E-state index < -0.39 is 5.91 Å². The minimum atomic E-state index is -0.444. The van der Waals surface area contributed by atoms with E-state index in [1.165, 1.54) is 6.21 Å². The Bertz CT molecular complexity index is 1030. The van der Waals surface area contributed by atoms with Gasteiger partial charge < -0.3 is 9.47 Å². The number of halogens is 2. The number of H-pyrrole nitrogens is 1. The standard InChI is InChI=1S/C19H16Cl2N4O3/c1-27-17-6-4-11(7-18(17)28-2)15-9-16(24-23-15)19(26)25-22-10-12-3-5-13(20)8-14(12)21/h3-10H,1-2H3,(H,23,24)(H,25,26)/b22-10-. The Morgan fingerprint density at radius 2 is 1.89 bits per heavy atom. The van der Waals surface area contributed by atoms with Crippen molar-refractivity contribution in [1.82, 2.24) is 15.6 Å². The molecule has 0 fully saturated rings. The second-order valence-corrected chi connectivity index (χ2v) is 6.45. The third kappa shape index (κ3) is 4.44. The maximum absolute atomic E-state index is 12.2. The number of carbonyl (C=O) groups excluding carboxylic acids is 1. The first-order valence-electron chi connectivity index (χ1n) is 8.08. The first-order valence-corrected chi connectivity index (χ1v) is 8.83. The van der Waals surface area contributed by atoms with Crippen LogP contribution in [0.25, 0.3) is 11.3 Å². The Kier molecular flexibility index (Phi) is 6.18. The lowest BCUT2D eigenvalue weighted by atomic mass is 10.1. The van der Waals surface area contributed by atoms with Gasteiger partial charge in [-0.2, -0.15) is 10.2 Å². The quantitative estimate of drug-likeness (QED) is 0.464. The Morgan fingerprint density at radius 3 is 2.61 bits per heavy atom.